The fourth-order valence-electron chi connectivity index (χ4n) is 4.84. The molecule has 2 fully saturated rings. The zero-order valence-electron chi connectivity index (χ0n) is 21.5. The van der Waals surface area contributed by atoms with Crippen LogP contribution in [0.1, 0.15) is 36.9 Å². The molecule has 0 bridgehead atoms. The predicted molar refractivity (Wildman–Crippen MR) is 142 cm³/mol. The van der Waals surface area contributed by atoms with Crippen molar-refractivity contribution in [2.75, 3.05) is 41.1 Å². The molecule has 2 aromatic rings. The van der Waals surface area contributed by atoms with Crippen molar-refractivity contribution in [3.05, 3.63) is 51.0 Å². The van der Waals surface area contributed by atoms with Gasteiger partial charge >= 0.3 is 0 Å². The van der Waals surface area contributed by atoms with Crippen LogP contribution in [-0.2, 0) is 14.3 Å². The van der Waals surface area contributed by atoms with Gasteiger partial charge in [0.1, 0.15) is 10.8 Å². The lowest BCUT2D eigenvalue weighted by Gasteiger charge is -2.28. The maximum absolute atomic E-state index is 13.5. The SMILES string of the molecule is CCOc1ccc(C2/C(=C(\O)c3cc(Cl)c(OC)c(Cl)c3OC)C(=O)C(=O)N2CC2CCCO2)cc1OC. The molecule has 38 heavy (non-hydrogen) atoms. The van der Waals surface area contributed by atoms with Crippen LogP contribution in [0.15, 0.2) is 29.8 Å². The third-order valence-electron chi connectivity index (χ3n) is 6.56. The molecule has 1 N–H and O–H groups in total. The van der Waals surface area contributed by atoms with Crippen LogP contribution in [0, 0.1) is 0 Å². The van der Waals surface area contributed by atoms with E-state index in [1.54, 1.807) is 18.2 Å². The summed E-state index contributed by atoms with van der Waals surface area (Å²) < 4.78 is 27.6. The molecule has 2 aliphatic rings. The number of ether oxygens (including phenoxy) is 5. The number of hydrogen-bond acceptors (Lipinski definition) is 8. The van der Waals surface area contributed by atoms with Crippen LogP contribution in [0.25, 0.3) is 5.76 Å². The van der Waals surface area contributed by atoms with Crippen molar-refractivity contribution >= 4 is 40.7 Å². The van der Waals surface area contributed by atoms with Gasteiger partial charge in [-0.3, -0.25) is 9.59 Å². The number of Topliss-reactive ketones (excluding diaryl/α,β-unsaturated/α-hetero) is 1. The van der Waals surface area contributed by atoms with Gasteiger partial charge in [0, 0.05) is 13.2 Å². The van der Waals surface area contributed by atoms with Gasteiger partial charge in [-0.05, 0) is 43.5 Å². The molecule has 2 aromatic carbocycles. The highest BCUT2D eigenvalue weighted by atomic mass is 35.5. The summed E-state index contributed by atoms with van der Waals surface area (Å²) in [4.78, 5) is 28.2. The fraction of sp³-hybridized carbons (Fsp3) is 0.407. The molecule has 2 atom stereocenters. The standard InChI is InChI=1S/C27H29Cl2NO8/c1-5-37-18-9-8-14(11-19(18)34-2)22-20(24(32)27(33)30(22)13-15-7-6-10-38-15)23(31)16-12-17(28)26(36-4)21(29)25(16)35-3/h8-9,11-12,15,22,31H,5-7,10,13H2,1-4H3/b23-20+. The minimum Gasteiger partial charge on any atom is -0.507 e. The zero-order valence-corrected chi connectivity index (χ0v) is 23.0. The first-order valence-corrected chi connectivity index (χ1v) is 12.8. The van der Waals surface area contributed by atoms with E-state index in [1.807, 2.05) is 6.92 Å². The molecule has 4 rings (SSSR count). The number of ketones is 1. The number of methoxy groups -OCH3 is 3. The van der Waals surface area contributed by atoms with Gasteiger partial charge in [0.25, 0.3) is 11.7 Å². The van der Waals surface area contributed by atoms with Gasteiger partial charge < -0.3 is 33.7 Å². The average Bonchev–Trinajstić information content (AvgIpc) is 3.51. The second-order valence-electron chi connectivity index (χ2n) is 8.72. The minimum absolute atomic E-state index is 0.0110. The maximum Gasteiger partial charge on any atom is 0.295 e. The van der Waals surface area contributed by atoms with Crippen LogP contribution in [0.3, 0.4) is 0 Å². The highest BCUT2D eigenvalue weighted by Gasteiger charge is 2.47. The van der Waals surface area contributed by atoms with E-state index in [2.05, 4.69) is 0 Å². The van der Waals surface area contributed by atoms with E-state index in [9.17, 15) is 14.7 Å². The van der Waals surface area contributed by atoms with E-state index in [0.29, 0.717) is 30.3 Å². The Morgan fingerprint density at radius 2 is 1.82 bits per heavy atom. The molecule has 2 heterocycles. The largest absolute Gasteiger partial charge is 0.507 e. The second-order valence-corrected chi connectivity index (χ2v) is 9.50. The van der Waals surface area contributed by atoms with E-state index >= 15 is 0 Å². The lowest BCUT2D eigenvalue weighted by molar-refractivity contribution is -0.140. The highest BCUT2D eigenvalue weighted by molar-refractivity contribution is 6.47. The molecule has 0 aromatic heterocycles. The molecule has 2 saturated heterocycles. The summed E-state index contributed by atoms with van der Waals surface area (Å²) in [5.74, 6) is -0.995. The Hall–Kier alpha value is -3.14. The first kappa shape index (κ1) is 27.9. The lowest BCUT2D eigenvalue weighted by atomic mass is 9.94. The summed E-state index contributed by atoms with van der Waals surface area (Å²) in [6.45, 7) is 3.02. The number of amides is 1. The van der Waals surface area contributed by atoms with Gasteiger partial charge in [0.2, 0.25) is 0 Å². The Kier molecular flexibility index (Phi) is 8.60. The number of rotatable bonds is 9. The second kappa shape index (κ2) is 11.7. The fourth-order valence-corrected chi connectivity index (χ4v) is 5.53. The molecular weight excluding hydrogens is 537 g/mol. The third-order valence-corrected chi connectivity index (χ3v) is 7.19. The summed E-state index contributed by atoms with van der Waals surface area (Å²) in [6.07, 6.45) is 1.37. The van der Waals surface area contributed by atoms with Gasteiger partial charge in [-0.25, -0.2) is 0 Å². The van der Waals surface area contributed by atoms with Crippen molar-refractivity contribution in [3.8, 4) is 23.0 Å². The topological polar surface area (TPSA) is 104 Å². The summed E-state index contributed by atoms with van der Waals surface area (Å²) in [5, 5.41) is 11.7. The van der Waals surface area contributed by atoms with Crippen LogP contribution in [0.2, 0.25) is 10.0 Å². The third kappa shape index (κ3) is 4.98. The summed E-state index contributed by atoms with van der Waals surface area (Å²) in [5.41, 5.74) is 0.435. The monoisotopic (exact) mass is 565 g/mol. The Morgan fingerprint density at radius 1 is 1.08 bits per heavy atom. The lowest BCUT2D eigenvalue weighted by Crippen LogP contribution is -2.36. The number of halogens is 2. The molecule has 0 aliphatic carbocycles. The highest BCUT2D eigenvalue weighted by Crippen LogP contribution is 2.48. The van der Waals surface area contributed by atoms with Crippen LogP contribution < -0.4 is 18.9 Å². The number of aliphatic hydroxyl groups is 1. The average molecular weight is 566 g/mol. The van der Waals surface area contributed by atoms with Gasteiger partial charge in [0.05, 0.1) is 56.2 Å². The van der Waals surface area contributed by atoms with Crippen molar-refractivity contribution in [2.24, 2.45) is 0 Å². The Morgan fingerprint density at radius 3 is 2.42 bits per heavy atom. The Labute approximate surface area is 230 Å². The van der Waals surface area contributed by atoms with Crippen LogP contribution in [0.5, 0.6) is 23.0 Å². The summed E-state index contributed by atoms with van der Waals surface area (Å²) >= 11 is 12.8. The maximum atomic E-state index is 13.5. The summed E-state index contributed by atoms with van der Waals surface area (Å²) in [6, 6.07) is 5.54. The number of benzene rings is 2. The van der Waals surface area contributed by atoms with Gasteiger partial charge in [-0.15, -0.1) is 0 Å². The molecule has 11 heteroatoms. The Balaban J connectivity index is 1.93. The van der Waals surface area contributed by atoms with Crippen molar-refractivity contribution in [1.82, 2.24) is 4.90 Å². The van der Waals surface area contributed by atoms with Crippen molar-refractivity contribution < 1.29 is 38.4 Å². The molecule has 0 radical (unpaired) electrons. The smallest absolute Gasteiger partial charge is 0.295 e. The molecule has 1 amide bonds. The van der Waals surface area contributed by atoms with Crippen LogP contribution in [0.4, 0.5) is 0 Å². The normalized spacial score (nSPS) is 20.6. The predicted octanol–water partition coefficient (Wildman–Crippen LogP) is 5.02. The summed E-state index contributed by atoms with van der Waals surface area (Å²) in [7, 11) is 4.25. The molecule has 204 valence electrons. The van der Waals surface area contributed by atoms with E-state index in [1.165, 1.54) is 32.3 Å². The van der Waals surface area contributed by atoms with Crippen LogP contribution in [-0.4, -0.2) is 68.9 Å². The van der Waals surface area contributed by atoms with Gasteiger partial charge in [-0.1, -0.05) is 29.3 Å². The molecule has 9 nitrogen and oxygen atoms in total. The minimum atomic E-state index is -0.951. The number of nitrogens with zero attached hydrogens (tertiary/aromatic N) is 1. The van der Waals surface area contributed by atoms with Gasteiger partial charge in [-0.2, -0.15) is 0 Å². The quantitative estimate of drug-likeness (QED) is 0.257. The number of carbonyl (C=O) groups excluding carboxylic acids is 2. The molecule has 0 spiro atoms. The van der Waals surface area contributed by atoms with E-state index in [4.69, 9.17) is 46.9 Å². The zero-order chi connectivity index (χ0) is 27.6. The number of hydrogen-bond donors (Lipinski definition) is 1. The molecule has 2 aliphatic heterocycles. The van der Waals surface area contributed by atoms with Crippen molar-refractivity contribution in [2.45, 2.75) is 31.9 Å². The first-order chi connectivity index (χ1) is 18.3. The van der Waals surface area contributed by atoms with Crippen LogP contribution >= 0.6 is 23.2 Å². The van der Waals surface area contributed by atoms with E-state index < -0.39 is 23.5 Å². The van der Waals surface area contributed by atoms with Crippen molar-refractivity contribution in [3.63, 3.8) is 0 Å². The van der Waals surface area contributed by atoms with E-state index in [-0.39, 0.29) is 45.3 Å². The van der Waals surface area contributed by atoms with Crippen molar-refractivity contribution in [1.29, 1.82) is 0 Å². The first-order valence-electron chi connectivity index (χ1n) is 12.1. The number of likely N-dealkylation sites (tertiary alicyclic amines) is 1. The van der Waals surface area contributed by atoms with E-state index in [0.717, 1.165) is 12.8 Å². The van der Waals surface area contributed by atoms with Gasteiger partial charge in [0.15, 0.2) is 23.0 Å². The number of aliphatic hydroxyl groups excluding tert-OH is 1. The molecule has 0 saturated carbocycles. The molecular formula is C27H29Cl2NO8. The molecule has 2 unspecified atom stereocenters. The number of carbonyl (C=O) groups is 2. The Bertz CT molecular complexity index is 1270.